The number of hydrogen-bond acceptors (Lipinski definition) is 10. The molecule has 0 atom stereocenters. The molecule has 0 aliphatic heterocycles. The van der Waals surface area contributed by atoms with Crippen molar-refractivity contribution in [3.63, 3.8) is 0 Å². The van der Waals surface area contributed by atoms with Crippen molar-refractivity contribution in [2.45, 2.75) is 0 Å². The van der Waals surface area contributed by atoms with E-state index >= 15 is 0 Å². The Kier molecular flexibility index (Phi) is 6.07. The van der Waals surface area contributed by atoms with Gasteiger partial charge in [-0.25, -0.2) is 0 Å². The van der Waals surface area contributed by atoms with Crippen molar-refractivity contribution in [2.24, 2.45) is 0 Å². The molecule has 0 saturated heterocycles. The van der Waals surface area contributed by atoms with E-state index in [1.165, 1.54) is 18.2 Å². The molecule has 14 nitrogen and oxygen atoms in total. The maximum absolute atomic E-state index is 11.4. The van der Waals surface area contributed by atoms with E-state index in [-0.39, 0.29) is 23.0 Å². The maximum Gasteiger partial charge on any atom is 0.318 e. The predicted octanol–water partition coefficient (Wildman–Crippen LogP) is 6.06. The van der Waals surface area contributed by atoms with E-state index in [1.54, 1.807) is 18.2 Å². The summed E-state index contributed by atoms with van der Waals surface area (Å²) in [6, 6.07) is 15.3. The fourth-order valence-corrected chi connectivity index (χ4v) is 3.32. The molecule has 0 aliphatic rings. The van der Waals surface area contributed by atoms with Crippen LogP contribution in [0.3, 0.4) is 0 Å². The topological polar surface area (TPSA) is 191 Å². The molecule has 0 N–H and O–H groups in total. The Balaban J connectivity index is 1.74. The minimum absolute atomic E-state index is 0.119. The molecule has 4 rings (SSSR count). The van der Waals surface area contributed by atoms with Crippen LogP contribution < -0.4 is 9.47 Å². The second kappa shape index (κ2) is 9.30. The van der Waals surface area contributed by atoms with Gasteiger partial charge in [-0.15, -0.1) is 0 Å². The molecule has 0 radical (unpaired) electrons. The van der Waals surface area contributed by atoms with Crippen molar-refractivity contribution < 1.29 is 29.2 Å². The molecule has 0 aliphatic carbocycles. The smallest absolute Gasteiger partial charge is 0.318 e. The number of rotatable bonds is 8. The molecule has 0 aromatic heterocycles. The van der Waals surface area contributed by atoms with E-state index in [0.29, 0.717) is 10.8 Å². The monoisotopic (exact) mass is 492 g/mol. The van der Waals surface area contributed by atoms with E-state index in [0.717, 1.165) is 36.4 Å². The zero-order chi connectivity index (χ0) is 26.0. The molecule has 14 heteroatoms. The van der Waals surface area contributed by atoms with Crippen molar-refractivity contribution in [3.05, 3.63) is 113 Å². The van der Waals surface area contributed by atoms with Crippen LogP contribution in [0.15, 0.2) is 72.8 Å². The van der Waals surface area contributed by atoms with Gasteiger partial charge in [-0.05, 0) is 35.7 Å². The number of hydrogen-bond donors (Lipinski definition) is 0. The summed E-state index contributed by atoms with van der Waals surface area (Å²) < 4.78 is 11.3. The maximum atomic E-state index is 11.4. The summed E-state index contributed by atoms with van der Waals surface area (Å²) in [5.74, 6) is -0.216. The fourth-order valence-electron chi connectivity index (χ4n) is 3.32. The zero-order valence-corrected chi connectivity index (χ0v) is 17.8. The van der Waals surface area contributed by atoms with Gasteiger partial charge in [0.2, 0.25) is 11.5 Å². The van der Waals surface area contributed by atoms with Crippen LogP contribution in [0.25, 0.3) is 10.8 Å². The Bertz CT molecular complexity index is 1570. The molecule has 0 saturated carbocycles. The van der Waals surface area contributed by atoms with Crippen molar-refractivity contribution in [1.29, 1.82) is 0 Å². The lowest BCUT2D eigenvalue weighted by Crippen LogP contribution is -1.97. The third kappa shape index (κ3) is 4.67. The Morgan fingerprint density at radius 2 is 1.08 bits per heavy atom. The standard InChI is InChI=1S/C22H12N4O10/c27-23(28)14-5-8-21(18(10-14)25(31)32)35-16-7-4-13-2-1-3-20(17(13)12-16)36-22-9-6-15(24(29)30)11-19(22)26(33)34/h1-12H. The highest BCUT2D eigenvalue weighted by Gasteiger charge is 2.23. The normalized spacial score (nSPS) is 10.6. The second-order valence-corrected chi connectivity index (χ2v) is 7.18. The average molecular weight is 492 g/mol. The minimum atomic E-state index is -0.814. The van der Waals surface area contributed by atoms with Crippen LogP contribution in [-0.2, 0) is 0 Å². The number of nitro groups is 4. The summed E-state index contributed by atoms with van der Waals surface area (Å²) in [5.41, 5.74) is -2.19. The van der Waals surface area contributed by atoms with E-state index in [2.05, 4.69) is 0 Å². The van der Waals surface area contributed by atoms with Crippen molar-refractivity contribution >= 4 is 33.5 Å². The first-order chi connectivity index (χ1) is 17.1. The van der Waals surface area contributed by atoms with E-state index < -0.39 is 42.4 Å². The molecular formula is C22H12N4O10. The highest BCUT2D eigenvalue weighted by molar-refractivity contribution is 5.90. The van der Waals surface area contributed by atoms with Gasteiger partial charge in [0.1, 0.15) is 11.5 Å². The van der Waals surface area contributed by atoms with Gasteiger partial charge in [0.25, 0.3) is 11.4 Å². The van der Waals surface area contributed by atoms with Gasteiger partial charge < -0.3 is 9.47 Å². The van der Waals surface area contributed by atoms with Crippen molar-refractivity contribution in [2.75, 3.05) is 0 Å². The second-order valence-electron chi connectivity index (χ2n) is 7.18. The molecule has 180 valence electrons. The highest BCUT2D eigenvalue weighted by atomic mass is 16.6. The van der Waals surface area contributed by atoms with Gasteiger partial charge >= 0.3 is 11.4 Å². The molecule has 36 heavy (non-hydrogen) atoms. The summed E-state index contributed by atoms with van der Waals surface area (Å²) >= 11 is 0. The summed E-state index contributed by atoms with van der Waals surface area (Å²) in [7, 11) is 0. The largest absolute Gasteiger partial charge is 0.450 e. The lowest BCUT2D eigenvalue weighted by molar-refractivity contribution is -0.394. The van der Waals surface area contributed by atoms with E-state index in [1.807, 2.05) is 0 Å². The van der Waals surface area contributed by atoms with Gasteiger partial charge in [0.15, 0.2) is 0 Å². The summed E-state index contributed by atoms with van der Waals surface area (Å²) in [6.45, 7) is 0. The van der Waals surface area contributed by atoms with E-state index in [4.69, 9.17) is 9.47 Å². The Morgan fingerprint density at radius 3 is 1.61 bits per heavy atom. The summed E-state index contributed by atoms with van der Waals surface area (Å²) in [4.78, 5) is 41.6. The number of fused-ring (bicyclic) bond motifs is 1. The lowest BCUT2D eigenvalue weighted by atomic mass is 10.1. The van der Waals surface area contributed by atoms with Crippen LogP contribution in [0, 0.1) is 40.5 Å². The summed E-state index contributed by atoms with van der Waals surface area (Å²) in [6.07, 6.45) is 0. The number of nitrogens with zero attached hydrogens (tertiary/aromatic N) is 4. The predicted molar refractivity (Wildman–Crippen MR) is 124 cm³/mol. The average Bonchev–Trinajstić information content (AvgIpc) is 2.84. The summed E-state index contributed by atoms with van der Waals surface area (Å²) in [5, 5.41) is 45.8. The molecule has 4 aromatic carbocycles. The van der Waals surface area contributed by atoms with Gasteiger partial charge in [-0.2, -0.15) is 0 Å². The van der Waals surface area contributed by atoms with Gasteiger partial charge in [-0.1, -0.05) is 18.2 Å². The number of ether oxygens (including phenoxy) is 2. The molecule has 0 amide bonds. The van der Waals surface area contributed by atoms with Crippen LogP contribution in [0.2, 0.25) is 0 Å². The SMILES string of the molecule is O=[N+]([O-])c1ccc(Oc2ccc3cccc(Oc4ccc([N+](=O)[O-])cc4[N+](=O)[O-])c3c2)c([N+](=O)[O-])c1. The first-order valence-corrected chi connectivity index (χ1v) is 9.88. The van der Waals surface area contributed by atoms with Crippen LogP contribution >= 0.6 is 0 Å². The van der Waals surface area contributed by atoms with Crippen LogP contribution in [-0.4, -0.2) is 19.7 Å². The Hall–Kier alpha value is -5.66. The van der Waals surface area contributed by atoms with Crippen LogP contribution in [0.4, 0.5) is 22.7 Å². The van der Waals surface area contributed by atoms with Gasteiger partial charge in [-0.3, -0.25) is 40.5 Å². The first-order valence-electron chi connectivity index (χ1n) is 9.88. The van der Waals surface area contributed by atoms with Crippen molar-refractivity contribution in [3.8, 4) is 23.0 Å². The number of benzene rings is 4. The highest BCUT2D eigenvalue weighted by Crippen LogP contribution is 2.40. The number of nitro benzene ring substituents is 4. The third-order valence-electron chi connectivity index (χ3n) is 4.96. The molecule has 0 unspecified atom stereocenters. The molecule has 4 aromatic rings. The number of non-ortho nitro benzene ring substituents is 2. The Labute approximate surface area is 199 Å². The van der Waals surface area contributed by atoms with E-state index in [9.17, 15) is 40.5 Å². The molecule has 0 spiro atoms. The molecule has 0 bridgehead atoms. The lowest BCUT2D eigenvalue weighted by Gasteiger charge is -2.11. The van der Waals surface area contributed by atoms with Gasteiger partial charge in [0.05, 0.1) is 31.8 Å². The zero-order valence-electron chi connectivity index (χ0n) is 17.8. The minimum Gasteiger partial charge on any atom is -0.450 e. The molecule has 0 fully saturated rings. The Morgan fingerprint density at radius 1 is 0.528 bits per heavy atom. The van der Waals surface area contributed by atoms with Crippen molar-refractivity contribution in [1.82, 2.24) is 0 Å². The quantitative estimate of drug-likeness (QED) is 0.206. The van der Waals surface area contributed by atoms with Crippen LogP contribution in [0.1, 0.15) is 0 Å². The van der Waals surface area contributed by atoms with Crippen LogP contribution in [0.5, 0.6) is 23.0 Å². The fraction of sp³-hybridized carbons (Fsp3) is 0. The molecular weight excluding hydrogens is 480 g/mol. The third-order valence-corrected chi connectivity index (χ3v) is 4.96. The first kappa shape index (κ1) is 23.5. The molecule has 0 heterocycles. The van der Waals surface area contributed by atoms with Gasteiger partial charge in [0, 0.05) is 17.5 Å².